The van der Waals surface area contributed by atoms with Crippen LogP contribution in [0.25, 0.3) is 22.0 Å². The molecule has 2 aromatic heterocycles. The van der Waals surface area contributed by atoms with Crippen molar-refractivity contribution in [2.24, 2.45) is 5.41 Å². The van der Waals surface area contributed by atoms with E-state index in [0.29, 0.717) is 35.9 Å². The van der Waals surface area contributed by atoms with Gasteiger partial charge in [-0.05, 0) is 48.9 Å². The molecule has 33 heavy (non-hydrogen) atoms. The quantitative estimate of drug-likeness (QED) is 0.544. The van der Waals surface area contributed by atoms with Crippen LogP contribution in [-0.4, -0.2) is 23.2 Å². The third-order valence-electron chi connectivity index (χ3n) is 5.67. The second-order valence-electron chi connectivity index (χ2n) is 9.87. The summed E-state index contributed by atoms with van der Waals surface area (Å²) in [5.74, 6) is -1.31. The van der Waals surface area contributed by atoms with Crippen molar-refractivity contribution in [1.82, 2.24) is 14.3 Å². The molecule has 1 atom stereocenters. The van der Waals surface area contributed by atoms with E-state index in [0.717, 1.165) is 12.3 Å². The van der Waals surface area contributed by atoms with Crippen molar-refractivity contribution in [2.75, 3.05) is 0 Å². The fraction of sp³-hybridized carbons (Fsp3) is 0.417. The molecule has 0 saturated heterocycles. The topological polar surface area (TPSA) is 87.8 Å². The van der Waals surface area contributed by atoms with Crippen molar-refractivity contribution >= 4 is 20.9 Å². The zero-order valence-electron chi connectivity index (χ0n) is 19.0. The lowest BCUT2D eigenvalue weighted by Crippen LogP contribution is -2.29. The third-order valence-corrected chi connectivity index (χ3v) is 7.70. The summed E-state index contributed by atoms with van der Waals surface area (Å²) in [6, 6.07) is 5.33. The number of halogens is 2. The first kappa shape index (κ1) is 23.3. The molecule has 1 aliphatic carbocycles. The van der Waals surface area contributed by atoms with Crippen molar-refractivity contribution in [2.45, 2.75) is 58.4 Å². The highest BCUT2D eigenvalue weighted by atomic mass is 32.2. The van der Waals surface area contributed by atoms with Gasteiger partial charge in [0.05, 0.1) is 11.4 Å². The molecule has 1 unspecified atom stereocenters. The Morgan fingerprint density at radius 1 is 1.24 bits per heavy atom. The molecule has 4 rings (SSSR count). The second-order valence-corrected chi connectivity index (χ2v) is 11.9. The van der Waals surface area contributed by atoms with Gasteiger partial charge in [-0.3, -0.25) is 0 Å². The van der Waals surface area contributed by atoms with Gasteiger partial charge in [-0.2, -0.15) is 5.26 Å². The molecule has 1 aromatic carbocycles. The van der Waals surface area contributed by atoms with E-state index in [4.69, 9.17) is 0 Å². The SMILES string of the molecule is CC(NS(=O)(=O)C1CC1)c1cn(CC(C)(C)C)c2cc(-c3cc(F)cnc3C#N)c(F)cc12. The summed E-state index contributed by atoms with van der Waals surface area (Å²) in [5, 5.41) is 9.59. The normalized spacial score (nSPS) is 15.5. The lowest BCUT2D eigenvalue weighted by atomic mass is 9.96. The minimum Gasteiger partial charge on any atom is -0.347 e. The Bertz CT molecular complexity index is 1380. The zero-order valence-corrected chi connectivity index (χ0v) is 19.8. The fourth-order valence-electron chi connectivity index (χ4n) is 4.05. The molecular formula is C24H26F2N4O2S. The molecular weight excluding hydrogens is 446 g/mol. The molecule has 1 aliphatic rings. The Morgan fingerprint density at radius 2 is 1.94 bits per heavy atom. The van der Waals surface area contributed by atoms with Gasteiger partial charge in [-0.15, -0.1) is 0 Å². The average molecular weight is 473 g/mol. The highest BCUT2D eigenvalue weighted by Gasteiger charge is 2.37. The first-order valence-corrected chi connectivity index (χ1v) is 12.3. The lowest BCUT2D eigenvalue weighted by molar-refractivity contribution is 0.349. The van der Waals surface area contributed by atoms with Gasteiger partial charge < -0.3 is 4.57 Å². The number of aromatic nitrogens is 2. The van der Waals surface area contributed by atoms with Crippen molar-refractivity contribution in [3.63, 3.8) is 0 Å². The molecule has 0 radical (unpaired) electrons. The Labute approximate surface area is 192 Å². The Morgan fingerprint density at radius 3 is 2.55 bits per heavy atom. The fourth-order valence-corrected chi connectivity index (χ4v) is 5.62. The molecule has 0 amide bonds. The summed E-state index contributed by atoms with van der Waals surface area (Å²) >= 11 is 0. The van der Waals surface area contributed by atoms with Gasteiger partial charge in [-0.1, -0.05) is 20.8 Å². The van der Waals surface area contributed by atoms with E-state index in [2.05, 4.69) is 30.5 Å². The van der Waals surface area contributed by atoms with Crippen LogP contribution in [0.5, 0.6) is 0 Å². The number of nitrogens with one attached hydrogen (secondary N) is 1. The Balaban J connectivity index is 1.89. The average Bonchev–Trinajstić information content (AvgIpc) is 3.51. The van der Waals surface area contributed by atoms with E-state index < -0.39 is 27.7 Å². The Hall–Kier alpha value is -2.83. The predicted octanol–water partition coefficient (Wildman–Crippen LogP) is 5.04. The van der Waals surface area contributed by atoms with Crippen LogP contribution in [0.2, 0.25) is 0 Å². The van der Waals surface area contributed by atoms with Crippen molar-refractivity contribution in [3.05, 3.63) is 53.5 Å². The highest BCUT2D eigenvalue weighted by Crippen LogP contribution is 2.36. The number of fused-ring (bicyclic) bond motifs is 1. The highest BCUT2D eigenvalue weighted by molar-refractivity contribution is 7.90. The summed E-state index contributed by atoms with van der Waals surface area (Å²) < 4.78 is 58.9. The van der Waals surface area contributed by atoms with Gasteiger partial charge in [0.1, 0.15) is 23.4 Å². The third kappa shape index (κ3) is 4.77. The summed E-state index contributed by atoms with van der Waals surface area (Å²) in [6.07, 6.45) is 4.06. The molecule has 0 aliphatic heterocycles. The van der Waals surface area contributed by atoms with E-state index in [9.17, 15) is 18.1 Å². The number of nitriles is 1. The molecule has 174 valence electrons. The van der Waals surface area contributed by atoms with Crippen LogP contribution in [0.3, 0.4) is 0 Å². The van der Waals surface area contributed by atoms with Gasteiger partial charge in [0.25, 0.3) is 0 Å². The van der Waals surface area contributed by atoms with Crippen molar-refractivity contribution in [1.29, 1.82) is 5.26 Å². The minimum atomic E-state index is -3.44. The zero-order chi connectivity index (χ0) is 24.1. The monoisotopic (exact) mass is 472 g/mol. The van der Waals surface area contributed by atoms with Crippen LogP contribution in [0.4, 0.5) is 8.78 Å². The van der Waals surface area contributed by atoms with E-state index in [1.807, 2.05) is 16.8 Å². The molecule has 9 heteroatoms. The van der Waals surface area contributed by atoms with Crippen LogP contribution >= 0.6 is 0 Å². The first-order valence-electron chi connectivity index (χ1n) is 10.8. The molecule has 0 bridgehead atoms. The molecule has 1 N–H and O–H groups in total. The van der Waals surface area contributed by atoms with Crippen LogP contribution in [-0.2, 0) is 16.6 Å². The van der Waals surface area contributed by atoms with E-state index in [1.165, 1.54) is 6.07 Å². The largest absolute Gasteiger partial charge is 0.347 e. The van der Waals surface area contributed by atoms with Crippen LogP contribution < -0.4 is 4.72 Å². The summed E-state index contributed by atoms with van der Waals surface area (Å²) in [6.45, 7) is 8.51. The number of hydrogen-bond acceptors (Lipinski definition) is 4. The van der Waals surface area contributed by atoms with Gasteiger partial charge in [0, 0.05) is 40.8 Å². The molecule has 0 spiro atoms. The summed E-state index contributed by atoms with van der Waals surface area (Å²) in [5.41, 5.74) is 1.27. The van der Waals surface area contributed by atoms with Gasteiger partial charge >= 0.3 is 0 Å². The molecule has 1 fully saturated rings. The maximum atomic E-state index is 15.3. The van der Waals surface area contributed by atoms with Gasteiger partial charge in [0.2, 0.25) is 10.0 Å². The summed E-state index contributed by atoms with van der Waals surface area (Å²) in [7, 11) is -3.44. The lowest BCUT2D eigenvalue weighted by Gasteiger charge is -2.20. The maximum absolute atomic E-state index is 15.3. The van der Waals surface area contributed by atoms with Crippen LogP contribution in [0, 0.1) is 28.4 Å². The first-order chi connectivity index (χ1) is 15.4. The maximum Gasteiger partial charge on any atom is 0.215 e. The predicted molar refractivity (Wildman–Crippen MR) is 123 cm³/mol. The second kappa shape index (κ2) is 8.19. The van der Waals surface area contributed by atoms with Crippen molar-refractivity contribution in [3.8, 4) is 17.2 Å². The Kier molecular flexibility index (Phi) is 5.79. The molecule has 6 nitrogen and oxygen atoms in total. The van der Waals surface area contributed by atoms with Gasteiger partial charge in [-0.25, -0.2) is 26.9 Å². The molecule has 3 aromatic rings. The number of pyridine rings is 1. The van der Waals surface area contributed by atoms with Crippen LogP contribution in [0.1, 0.15) is 57.8 Å². The molecule has 1 saturated carbocycles. The molecule has 2 heterocycles. The standard InChI is InChI=1S/C24H26F2N4O2S/c1-14(29-33(31,32)16-5-6-16)20-12-30(13-24(2,3)4)23-9-17(21(26)8-19(20)23)18-7-15(25)11-28-22(18)10-27/h7-9,11-12,14,16,29H,5-6,13H2,1-4H3. The minimum absolute atomic E-state index is 0.0667. The van der Waals surface area contributed by atoms with Crippen LogP contribution in [0.15, 0.2) is 30.6 Å². The van der Waals surface area contributed by atoms with Gasteiger partial charge in [0.15, 0.2) is 0 Å². The number of rotatable bonds is 6. The van der Waals surface area contributed by atoms with Crippen molar-refractivity contribution < 1.29 is 17.2 Å². The number of benzene rings is 1. The number of sulfonamides is 1. The van der Waals surface area contributed by atoms with E-state index in [1.54, 1.807) is 13.0 Å². The van der Waals surface area contributed by atoms with E-state index in [-0.39, 0.29) is 27.5 Å². The van der Waals surface area contributed by atoms with E-state index >= 15 is 4.39 Å². The smallest absolute Gasteiger partial charge is 0.215 e. The summed E-state index contributed by atoms with van der Waals surface area (Å²) in [4.78, 5) is 3.79. The number of hydrogen-bond donors (Lipinski definition) is 1. The number of nitrogens with zero attached hydrogens (tertiary/aromatic N) is 3.